The van der Waals surface area contributed by atoms with Crippen molar-refractivity contribution in [3.05, 3.63) is 76.8 Å². The number of thiazole rings is 1. The average Bonchev–Trinajstić information content (AvgIpc) is 3.00. The van der Waals surface area contributed by atoms with Crippen LogP contribution in [0, 0.1) is 13.8 Å². The van der Waals surface area contributed by atoms with E-state index in [1.165, 1.54) is 17.3 Å². The predicted octanol–water partition coefficient (Wildman–Crippen LogP) is 5.23. The Kier molecular flexibility index (Phi) is 5.33. The van der Waals surface area contributed by atoms with Gasteiger partial charge in [-0.2, -0.15) is 0 Å². The fraction of sp³-hybridized carbons (Fsp3) is 0.158. The maximum Gasteiger partial charge on any atom is 0.242 e. The van der Waals surface area contributed by atoms with Crippen LogP contribution >= 0.6 is 23.1 Å². The van der Waals surface area contributed by atoms with Crippen LogP contribution in [-0.4, -0.2) is 10.9 Å². The van der Waals surface area contributed by atoms with Crippen LogP contribution in [0.5, 0.6) is 0 Å². The monoisotopic (exact) mass is 354 g/mol. The molecule has 0 aliphatic rings. The molecule has 122 valence electrons. The van der Waals surface area contributed by atoms with Gasteiger partial charge in [0, 0.05) is 16.8 Å². The lowest BCUT2D eigenvalue weighted by Crippen LogP contribution is -2.19. The van der Waals surface area contributed by atoms with Crippen molar-refractivity contribution in [1.29, 1.82) is 0 Å². The van der Waals surface area contributed by atoms with Gasteiger partial charge in [-0.25, -0.2) is 4.98 Å². The van der Waals surface area contributed by atoms with E-state index in [1.54, 1.807) is 11.3 Å². The Balaban J connectivity index is 1.83. The highest BCUT2D eigenvalue weighted by Crippen LogP contribution is 2.37. The number of rotatable bonds is 5. The number of hydrogen-bond donors (Lipinski definition) is 1. The van der Waals surface area contributed by atoms with E-state index in [4.69, 9.17) is 0 Å². The Morgan fingerprint density at radius 2 is 1.79 bits per heavy atom. The van der Waals surface area contributed by atoms with Crippen LogP contribution in [0.15, 0.2) is 64.3 Å². The molecule has 1 N–H and O–H groups in total. The summed E-state index contributed by atoms with van der Waals surface area (Å²) in [5.74, 6) is -0.0390. The molecule has 3 aromatic rings. The number of benzene rings is 2. The van der Waals surface area contributed by atoms with Crippen LogP contribution in [0.25, 0.3) is 0 Å². The van der Waals surface area contributed by atoms with Crippen molar-refractivity contribution in [2.24, 2.45) is 0 Å². The van der Waals surface area contributed by atoms with E-state index in [1.807, 2.05) is 73.8 Å². The van der Waals surface area contributed by atoms with Crippen LogP contribution in [-0.2, 0) is 4.79 Å². The second kappa shape index (κ2) is 7.64. The number of carbonyl (C=O) groups is 1. The van der Waals surface area contributed by atoms with Crippen LogP contribution in [0.3, 0.4) is 0 Å². The zero-order valence-corrected chi connectivity index (χ0v) is 15.2. The summed E-state index contributed by atoms with van der Waals surface area (Å²) in [4.78, 5) is 17.3. The van der Waals surface area contributed by atoms with Gasteiger partial charge >= 0.3 is 0 Å². The fourth-order valence-electron chi connectivity index (χ4n) is 2.23. The summed E-state index contributed by atoms with van der Waals surface area (Å²) >= 11 is 3.06. The summed E-state index contributed by atoms with van der Waals surface area (Å²) in [5, 5.41) is 4.68. The first-order valence-corrected chi connectivity index (χ1v) is 9.39. The standard InChI is InChI=1S/C19H18N2OS2/c1-13-8-10-16(11-9-13)21-18(22)17(15-6-4-3-5-7-15)24-19-20-14(2)12-23-19/h3-12,17H,1-2H3,(H,21,22). The zero-order chi connectivity index (χ0) is 16.9. The van der Waals surface area contributed by atoms with Crippen molar-refractivity contribution >= 4 is 34.7 Å². The molecule has 1 atom stereocenters. The SMILES string of the molecule is Cc1ccc(NC(=O)C(Sc2nc(C)cs2)c2ccccc2)cc1. The number of hydrogen-bond acceptors (Lipinski definition) is 4. The molecular formula is C19H18N2OS2. The number of thioether (sulfide) groups is 1. The van der Waals surface area contributed by atoms with Gasteiger partial charge in [0.2, 0.25) is 5.91 Å². The second-order valence-corrected chi connectivity index (χ2v) is 7.73. The largest absolute Gasteiger partial charge is 0.325 e. The molecule has 5 heteroatoms. The minimum absolute atomic E-state index is 0.0390. The third kappa shape index (κ3) is 4.24. The van der Waals surface area contributed by atoms with E-state index in [9.17, 15) is 4.79 Å². The number of nitrogens with zero attached hydrogens (tertiary/aromatic N) is 1. The van der Waals surface area contributed by atoms with Crippen molar-refractivity contribution in [2.75, 3.05) is 5.32 Å². The number of aryl methyl sites for hydroxylation is 2. The number of carbonyl (C=O) groups excluding carboxylic acids is 1. The van der Waals surface area contributed by atoms with Crippen LogP contribution < -0.4 is 5.32 Å². The first-order valence-electron chi connectivity index (χ1n) is 7.63. The maximum absolute atomic E-state index is 12.9. The topological polar surface area (TPSA) is 42.0 Å². The molecule has 0 saturated heterocycles. The summed E-state index contributed by atoms with van der Waals surface area (Å²) < 4.78 is 0.903. The predicted molar refractivity (Wildman–Crippen MR) is 102 cm³/mol. The molecule has 24 heavy (non-hydrogen) atoms. The Bertz CT molecular complexity index is 813. The van der Waals surface area contributed by atoms with E-state index in [0.717, 1.165) is 21.3 Å². The van der Waals surface area contributed by atoms with Gasteiger partial charge in [-0.15, -0.1) is 11.3 Å². The molecular weight excluding hydrogens is 336 g/mol. The highest BCUT2D eigenvalue weighted by Gasteiger charge is 2.23. The number of aromatic nitrogens is 1. The highest BCUT2D eigenvalue weighted by molar-refractivity contribution is 8.01. The van der Waals surface area contributed by atoms with Gasteiger partial charge in [0.25, 0.3) is 0 Å². The highest BCUT2D eigenvalue weighted by atomic mass is 32.2. The average molecular weight is 355 g/mol. The Morgan fingerprint density at radius 1 is 1.08 bits per heavy atom. The van der Waals surface area contributed by atoms with Crippen molar-refractivity contribution < 1.29 is 4.79 Å². The quantitative estimate of drug-likeness (QED) is 0.638. The molecule has 0 radical (unpaired) electrons. The zero-order valence-electron chi connectivity index (χ0n) is 13.5. The molecule has 1 aromatic heterocycles. The lowest BCUT2D eigenvalue weighted by molar-refractivity contribution is -0.115. The van der Waals surface area contributed by atoms with Gasteiger partial charge in [-0.3, -0.25) is 4.79 Å². The van der Waals surface area contributed by atoms with Crippen molar-refractivity contribution in [2.45, 2.75) is 23.4 Å². The number of anilines is 1. The molecule has 2 aromatic carbocycles. The molecule has 3 nitrogen and oxygen atoms in total. The molecule has 1 heterocycles. The minimum Gasteiger partial charge on any atom is -0.325 e. The Morgan fingerprint density at radius 3 is 2.42 bits per heavy atom. The molecule has 0 fully saturated rings. The van der Waals surface area contributed by atoms with Crippen molar-refractivity contribution in [3.63, 3.8) is 0 Å². The third-order valence-electron chi connectivity index (χ3n) is 3.48. The summed E-state index contributed by atoms with van der Waals surface area (Å²) in [6.07, 6.45) is 0. The molecule has 3 rings (SSSR count). The lowest BCUT2D eigenvalue weighted by atomic mass is 10.1. The second-order valence-electron chi connectivity index (χ2n) is 5.52. The molecule has 0 aliphatic carbocycles. The first-order chi connectivity index (χ1) is 11.6. The normalized spacial score (nSPS) is 11.9. The molecule has 0 saturated carbocycles. The number of amides is 1. The van der Waals surface area contributed by atoms with Gasteiger partial charge in [0.05, 0.1) is 0 Å². The van der Waals surface area contributed by atoms with Crippen LogP contribution in [0.1, 0.15) is 22.1 Å². The van der Waals surface area contributed by atoms with Gasteiger partial charge in [-0.05, 0) is 31.5 Å². The van der Waals surface area contributed by atoms with Crippen LogP contribution in [0.4, 0.5) is 5.69 Å². The molecule has 0 spiro atoms. The molecule has 1 amide bonds. The summed E-state index contributed by atoms with van der Waals surface area (Å²) in [6.45, 7) is 3.99. The summed E-state index contributed by atoms with van der Waals surface area (Å²) in [5.41, 5.74) is 3.93. The van der Waals surface area contributed by atoms with Gasteiger partial charge in [0.1, 0.15) is 5.25 Å². The smallest absolute Gasteiger partial charge is 0.242 e. The van der Waals surface area contributed by atoms with Gasteiger partial charge in [0.15, 0.2) is 4.34 Å². The number of nitrogens with one attached hydrogen (secondary N) is 1. The molecule has 1 unspecified atom stereocenters. The van der Waals surface area contributed by atoms with E-state index >= 15 is 0 Å². The lowest BCUT2D eigenvalue weighted by Gasteiger charge is -2.16. The van der Waals surface area contributed by atoms with E-state index in [-0.39, 0.29) is 11.2 Å². The summed E-state index contributed by atoms with van der Waals surface area (Å²) in [6, 6.07) is 17.6. The fourth-order valence-corrected chi connectivity index (χ4v) is 4.27. The Labute approximate surface area is 150 Å². The summed E-state index contributed by atoms with van der Waals surface area (Å²) in [7, 11) is 0. The molecule has 0 aliphatic heterocycles. The third-order valence-corrected chi connectivity index (χ3v) is 5.82. The van der Waals surface area contributed by atoms with E-state index in [0.29, 0.717) is 0 Å². The van der Waals surface area contributed by atoms with Crippen molar-refractivity contribution in [3.8, 4) is 0 Å². The minimum atomic E-state index is -0.335. The van der Waals surface area contributed by atoms with Gasteiger partial charge < -0.3 is 5.32 Å². The molecule has 0 bridgehead atoms. The van der Waals surface area contributed by atoms with Crippen molar-refractivity contribution in [1.82, 2.24) is 4.98 Å². The van der Waals surface area contributed by atoms with E-state index < -0.39 is 0 Å². The first kappa shape index (κ1) is 16.7. The van der Waals surface area contributed by atoms with Crippen LogP contribution in [0.2, 0.25) is 0 Å². The van der Waals surface area contributed by atoms with Gasteiger partial charge in [-0.1, -0.05) is 59.8 Å². The van der Waals surface area contributed by atoms with E-state index in [2.05, 4.69) is 10.3 Å². The Hall–Kier alpha value is -2.11. The maximum atomic E-state index is 12.9.